The van der Waals surface area contributed by atoms with E-state index < -0.39 is 0 Å². The molecule has 0 N–H and O–H groups in total. The Morgan fingerprint density at radius 3 is 2.50 bits per heavy atom. The minimum Gasteiger partial charge on any atom is -0.0880 e. The summed E-state index contributed by atoms with van der Waals surface area (Å²) in [5.41, 5.74) is 0.727. The monoisotopic (exact) mass is 192 g/mol. The molecule has 0 heteroatoms. The first-order valence-corrected chi connectivity index (χ1v) is 6.55. The lowest BCUT2D eigenvalue weighted by atomic mass is 9.99. The highest BCUT2D eigenvalue weighted by Crippen LogP contribution is 2.62. The van der Waals surface area contributed by atoms with Crippen LogP contribution in [0.5, 0.6) is 0 Å². The quantitative estimate of drug-likeness (QED) is 0.405. The van der Waals surface area contributed by atoms with Gasteiger partial charge in [-0.2, -0.15) is 0 Å². The number of unbranched alkanes of at least 4 members (excludes halogenated alkanes) is 4. The lowest BCUT2D eigenvalue weighted by Gasteiger charge is -2.06. The highest BCUT2D eigenvalue weighted by Gasteiger charge is 2.51. The van der Waals surface area contributed by atoms with Crippen LogP contribution in [-0.2, 0) is 0 Å². The molecule has 2 fully saturated rings. The van der Waals surface area contributed by atoms with Gasteiger partial charge in [0.15, 0.2) is 0 Å². The third-order valence-electron chi connectivity index (χ3n) is 3.89. The highest BCUT2D eigenvalue weighted by atomic mass is 14.6. The van der Waals surface area contributed by atoms with Crippen LogP contribution >= 0.6 is 0 Å². The summed E-state index contributed by atoms with van der Waals surface area (Å²) in [6.07, 6.45) is 18.0. The molecule has 80 valence electrons. The minimum atomic E-state index is 0.727. The molecule has 2 rings (SSSR count). The number of hydrogen-bond donors (Lipinski definition) is 0. The van der Waals surface area contributed by atoms with Gasteiger partial charge in [-0.1, -0.05) is 38.3 Å². The van der Waals surface area contributed by atoms with E-state index in [2.05, 4.69) is 19.1 Å². The van der Waals surface area contributed by atoms with Crippen molar-refractivity contribution >= 4 is 0 Å². The zero-order chi connectivity index (χ0) is 9.86. The molecule has 0 aromatic carbocycles. The molecule has 0 amide bonds. The van der Waals surface area contributed by atoms with Crippen LogP contribution in [0, 0.1) is 11.3 Å². The molecule has 0 aromatic rings. The molecule has 0 atom stereocenters. The van der Waals surface area contributed by atoms with Crippen molar-refractivity contribution in [1.29, 1.82) is 0 Å². The van der Waals surface area contributed by atoms with Crippen molar-refractivity contribution in [2.45, 2.75) is 64.7 Å². The summed E-state index contributed by atoms with van der Waals surface area (Å²) in [5, 5.41) is 0. The molecule has 2 aliphatic carbocycles. The van der Waals surface area contributed by atoms with E-state index in [0.717, 1.165) is 11.3 Å². The van der Waals surface area contributed by atoms with Gasteiger partial charge >= 0.3 is 0 Å². The number of hydrogen-bond acceptors (Lipinski definition) is 0. The zero-order valence-corrected chi connectivity index (χ0v) is 9.60. The van der Waals surface area contributed by atoms with E-state index in [9.17, 15) is 0 Å². The Balaban J connectivity index is 1.58. The first kappa shape index (κ1) is 10.3. The van der Waals surface area contributed by atoms with Crippen LogP contribution < -0.4 is 0 Å². The standard InChI is InChI=1S/C14H24/c1-2-3-4-5-6-7-10-14(11-12-14)13-8-9-13/h7,10,13H,2-6,8-9,11-12H2,1H3. The first-order valence-electron chi connectivity index (χ1n) is 6.55. The first-order chi connectivity index (χ1) is 6.87. The summed E-state index contributed by atoms with van der Waals surface area (Å²) in [6.45, 7) is 2.28. The summed E-state index contributed by atoms with van der Waals surface area (Å²) in [4.78, 5) is 0. The summed E-state index contributed by atoms with van der Waals surface area (Å²) in [5.74, 6) is 1.09. The van der Waals surface area contributed by atoms with Crippen LogP contribution in [0.2, 0.25) is 0 Å². The van der Waals surface area contributed by atoms with Gasteiger partial charge in [-0.25, -0.2) is 0 Å². The van der Waals surface area contributed by atoms with Crippen molar-refractivity contribution in [1.82, 2.24) is 0 Å². The second-order valence-electron chi connectivity index (χ2n) is 5.26. The fraction of sp³-hybridized carbons (Fsp3) is 0.857. The van der Waals surface area contributed by atoms with Crippen LogP contribution in [0.3, 0.4) is 0 Å². The van der Waals surface area contributed by atoms with Gasteiger partial charge in [-0.3, -0.25) is 0 Å². The normalized spacial score (nSPS) is 24.4. The third kappa shape index (κ3) is 2.62. The fourth-order valence-electron chi connectivity index (χ4n) is 2.52. The molecule has 0 unspecified atom stereocenters. The van der Waals surface area contributed by atoms with E-state index >= 15 is 0 Å². The Bertz CT molecular complexity index is 194. The summed E-state index contributed by atoms with van der Waals surface area (Å²) < 4.78 is 0. The van der Waals surface area contributed by atoms with Crippen molar-refractivity contribution in [3.05, 3.63) is 12.2 Å². The Morgan fingerprint density at radius 1 is 1.14 bits per heavy atom. The smallest absolute Gasteiger partial charge is 0.00893 e. The van der Waals surface area contributed by atoms with Crippen molar-refractivity contribution < 1.29 is 0 Å². The molecule has 0 heterocycles. The molecule has 14 heavy (non-hydrogen) atoms. The number of rotatable bonds is 7. The molecule has 2 aliphatic rings. The molecule has 2 saturated carbocycles. The fourth-order valence-corrected chi connectivity index (χ4v) is 2.52. The van der Waals surface area contributed by atoms with Gasteiger partial charge in [0.1, 0.15) is 0 Å². The largest absolute Gasteiger partial charge is 0.0880 e. The molecule has 0 saturated heterocycles. The summed E-state index contributed by atoms with van der Waals surface area (Å²) >= 11 is 0. The average Bonchev–Trinajstić information content (AvgIpc) is 3.03. The average molecular weight is 192 g/mol. The zero-order valence-electron chi connectivity index (χ0n) is 9.60. The van der Waals surface area contributed by atoms with Crippen molar-refractivity contribution in [2.24, 2.45) is 11.3 Å². The van der Waals surface area contributed by atoms with Gasteiger partial charge in [0.25, 0.3) is 0 Å². The Morgan fingerprint density at radius 2 is 1.93 bits per heavy atom. The van der Waals surface area contributed by atoms with Crippen molar-refractivity contribution in [3.63, 3.8) is 0 Å². The van der Waals surface area contributed by atoms with Gasteiger partial charge in [-0.05, 0) is 49.9 Å². The minimum absolute atomic E-state index is 0.727. The van der Waals surface area contributed by atoms with Crippen LogP contribution in [-0.4, -0.2) is 0 Å². The predicted molar refractivity (Wildman–Crippen MR) is 62.3 cm³/mol. The van der Waals surface area contributed by atoms with Crippen LogP contribution in [0.4, 0.5) is 0 Å². The van der Waals surface area contributed by atoms with Gasteiger partial charge in [0, 0.05) is 0 Å². The van der Waals surface area contributed by atoms with E-state index in [1.54, 1.807) is 0 Å². The molecule has 0 aromatic heterocycles. The van der Waals surface area contributed by atoms with Crippen LogP contribution in [0.1, 0.15) is 64.7 Å². The van der Waals surface area contributed by atoms with E-state index in [4.69, 9.17) is 0 Å². The molecule has 0 aliphatic heterocycles. The molecule has 0 radical (unpaired) electrons. The molecule has 0 nitrogen and oxygen atoms in total. The maximum Gasteiger partial charge on any atom is -0.00893 e. The van der Waals surface area contributed by atoms with E-state index in [1.807, 2.05) is 0 Å². The van der Waals surface area contributed by atoms with Crippen LogP contribution in [0.25, 0.3) is 0 Å². The molecule has 0 bridgehead atoms. The maximum atomic E-state index is 2.57. The third-order valence-corrected chi connectivity index (χ3v) is 3.89. The molecular formula is C14H24. The highest BCUT2D eigenvalue weighted by molar-refractivity contribution is 5.15. The SMILES string of the molecule is CCCCCCC=CC1(C2CC2)CC1. The van der Waals surface area contributed by atoms with Crippen molar-refractivity contribution in [3.8, 4) is 0 Å². The predicted octanol–water partition coefficient (Wildman–Crippen LogP) is 4.70. The van der Waals surface area contributed by atoms with Gasteiger partial charge < -0.3 is 0 Å². The Kier molecular flexibility index (Phi) is 3.30. The number of allylic oxidation sites excluding steroid dienone is 2. The van der Waals surface area contributed by atoms with Gasteiger partial charge in [-0.15, -0.1) is 0 Å². The maximum absolute atomic E-state index is 2.57. The second kappa shape index (κ2) is 4.51. The Labute approximate surface area is 88.8 Å². The summed E-state index contributed by atoms with van der Waals surface area (Å²) in [7, 11) is 0. The van der Waals surface area contributed by atoms with Gasteiger partial charge in [0.05, 0.1) is 0 Å². The van der Waals surface area contributed by atoms with Crippen LogP contribution in [0.15, 0.2) is 12.2 Å². The summed E-state index contributed by atoms with van der Waals surface area (Å²) in [6, 6.07) is 0. The lowest BCUT2D eigenvalue weighted by Crippen LogP contribution is -1.96. The molecule has 0 spiro atoms. The lowest BCUT2D eigenvalue weighted by molar-refractivity contribution is 0.554. The molecular weight excluding hydrogens is 168 g/mol. The Hall–Kier alpha value is -0.260. The van der Waals surface area contributed by atoms with E-state index in [-0.39, 0.29) is 0 Å². The van der Waals surface area contributed by atoms with E-state index in [0.29, 0.717) is 0 Å². The van der Waals surface area contributed by atoms with E-state index in [1.165, 1.54) is 57.8 Å². The van der Waals surface area contributed by atoms with Gasteiger partial charge in [0.2, 0.25) is 0 Å². The second-order valence-corrected chi connectivity index (χ2v) is 5.26. The van der Waals surface area contributed by atoms with Crippen molar-refractivity contribution in [2.75, 3.05) is 0 Å². The topological polar surface area (TPSA) is 0 Å².